The number of nitrogens with two attached hydrogens (primary N) is 1. The molecule has 1 saturated heterocycles. The van der Waals surface area contributed by atoms with Crippen LogP contribution in [0.25, 0.3) is 27.5 Å². The summed E-state index contributed by atoms with van der Waals surface area (Å²) in [6.07, 6.45) is 1.89. The fourth-order valence-electron chi connectivity index (χ4n) is 5.09. The minimum Gasteiger partial charge on any atom is -0.491 e. The zero-order chi connectivity index (χ0) is 33.4. The van der Waals surface area contributed by atoms with Crippen molar-refractivity contribution in [3.63, 3.8) is 0 Å². The number of unbranched alkanes of at least 4 members (excludes halogenated alkanes) is 1. The number of benzene rings is 2. The number of anilines is 1. The molecule has 47 heavy (non-hydrogen) atoms. The molecule has 2 aliphatic heterocycles. The van der Waals surface area contributed by atoms with Gasteiger partial charge in [-0.2, -0.15) is 13.2 Å². The lowest BCUT2D eigenvalue weighted by molar-refractivity contribution is -0.192. The van der Waals surface area contributed by atoms with E-state index in [1.165, 1.54) is 11.3 Å². The predicted molar refractivity (Wildman–Crippen MR) is 171 cm³/mol. The highest BCUT2D eigenvalue weighted by molar-refractivity contribution is 7.13. The van der Waals surface area contributed by atoms with Crippen molar-refractivity contribution in [2.24, 2.45) is 5.73 Å². The Bertz CT molecular complexity index is 1690. The van der Waals surface area contributed by atoms with E-state index in [1.807, 2.05) is 24.4 Å². The molecule has 0 bridgehead atoms. The Kier molecular flexibility index (Phi) is 10.9. The van der Waals surface area contributed by atoms with Crippen molar-refractivity contribution >= 4 is 29.0 Å². The van der Waals surface area contributed by atoms with Crippen molar-refractivity contribution in [1.29, 1.82) is 0 Å². The topological polar surface area (TPSA) is 161 Å². The van der Waals surface area contributed by atoms with Crippen molar-refractivity contribution in [3.05, 3.63) is 59.2 Å². The maximum atomic E-state index is 12.0. The van der Waals surface area contributed by atoms with E-state index in [2.05, 4.69) is 44.5 Å². The van der Waals surface area contributed by atoms with Gasteiger partial charge in [-0.3, -0.25) is 0 Å². The molecule has 0 atom stereocenters. The molecule has 0 unspecified atom stereocenters. The number of aryl methyl sites for hydroxylation is 2. The lowest BCUT2D eigenvalue weighted by Crippen LogP contribution is -2.31. The molecule has 0 aliphatic carbocycles. The second kappa shape index (κ2) is 15.3. The number of carbonyl (C=O) groups excluding carboxylic acids is 1. The smallest absolute Gasteiger partial charge is 0.490 e. The van der Waals surface area contributed by atoms with Crippen molar-refractivity contribution < 1.29 is 32.6 Å². The number of halogens is 3. The number of carboxylic acid groups (broad SMARTS) is 1. The van der Waals surface area contributed by atoms with Gasteiger partial charge in [0.15, 0.2) is 0 Å². The first-order chi connectivity index (χ1) is 22.6. The van der Waals surface area contributed by atoms with Crippen LogP contribution in [0.3, 0.4) is 0 Å². The van der Waals surface area contributed by atoms with E-state index in [4.69, 9.17) is 25.4 Å². The number of nitrogens with zero attached hydrogens (tertiary/aromatic N) is 5. The summed E-state index contributed by atoms with van der Waals surface area (Å²) < 4.78 is 39.8. The van der Waals surface area contributed by atoms with Crippen LogP contribution in [0.1, 0.15) is 30.5 Å². The number of hydrogen-bond donors (Lipinski definition) is 4. The molecule has 0 spiro atoms. The van der Waals surface area contributed by atoms with Crippen LogP contribution in [0.5, 0.6) is 5.75 Å². The van der Waals surface area contributed by atoms with E-state index in [1.54, 1.807) is 20.9 Å². The summed E-state index contributed by atoms with van der Waals surface area (Å²) in [5.41, 5.74) is 13.0. The van der Waals surface area contributed by atoms with Gasteiger partial charge in [-0.25, -0.2) is 19.3 Å². The molecule has 16 heteroatoms. The van der Waals surface area contributed by atoms with Crippen LogP contribution < -0.4 is 21.1 Å². The van der Waals surface area contributed by atoms with E-state index in [-0.39, 0.29) is 6.03 Å². The number of hydrogen-bond acceptors (Lipinski definition) is 9. The molecule has 5 N–H and O–H groups in total. The minimum atomic E-state index is -5.08. The normalized spacial score (nSPS) is 14.1. The summed E-state index contributed by atoms with van der Waals surface area (Å²) in [6.45, 7) is 3.95. The highest BCUT2D eigenvalue weighted by Gasteiger charge is 2.38. The Morgan fingerprint density at radius 2 is 1.96 bits per heavy atom. The average molecular weight is 673 g/mol. The number of rotatable bonds is 11. The SMILES string of the molecule is NCCCCc1cn(-c2ccc(-c3nc(-c4ccc5c(c4)CCCN5)cs3)c(OCCN3CCNC3=O)c2)nn1.O=C(O)C(F)(F)F. The predicted octanol–water partition coefficient (Wildman–Crippen LogP) is 4.73. The van der Waals surface area contributed by atoms with E-state index in [9.17, 15) is 18.0 Å². The third-order valence-corrected chi connectivity index (χ3v) is 8.41. The van der Waals surface area contributed by atoms with Crippen LogP contribution in [0.15, 0.2) is 48.0 Å². The number of amides is 2. The Hall–Kier alpha value is -4.70. The number of aromatic nitrogens is 4. The first-order valence-corrected chi connectivity index (χ1v) is 16.0. The Balaban J connectivity index is 0.000000559. The number of thiazole rings is 1. The molecule has 6 rings (SSSR count). The largest absolute Gasteiger partial charge is 0.491 e. The summed E-state index contributed by atoms with van der Waals surface area (Å²) in [6, 6.07) is 12.5. The number of nitrogens with one attached hydrogen (secondary N) is 2. The van der Waals surface area contributed by atoms with E-state index in [0.29, 0.717) is 38.5 Å². The van der Waals surface area contributed by atoms with Gasteiger partial charge in [-0.1, -0.05) is 11.3 Å². The van der Waals surface area contributed by atoms with E-state index >= 15 is 0 Å². The maximum Gasteiger partial charge on any atom is 0.490 e. The lowest BCUT2D eigenvalue weighted by atomic mass is 10.00. The second-order valence-electron chi connectivity index (χ2n) is 10.9. The summed E-state index contributed by atoms with van der Waals surface area (Å²) in [7, 11) is 0. The number of carbonyl (C=O) groups is 2. The second-order valence-corrected chi connectivity index (χ2v) is 11.7. The van der Waals surface area contributed by atoms with Gasteiger partial charge in [0.05, 0.1) is 35.4 Å². The van der Waals surface area contributed by atoms with Gasteiger partial charge in [-0.15, -0.1) is 16.4 Å². The van der Waals surface area contributed by atoms with Crippen LogP contribution in [-0.2, 0) is 17.6 Å². The molecule has 2 aliphatic rings. The molecule has 250 valence electrons. The fourth-order valence-corrected chi connectivity index (χ4v) is 5.95. The molecule has 4 heterocycles. The number of ether oxygens (including phenoxy) is 1. The van der Waals surface area contributed by atoms with Crippen LogP contribution in [0, 0.1) is 0 Å². The first-order valence-electron chi connectivity index (χ1n) is 15.2. The van der Waals surface area contributed by atoms with Crippen molar-refractivity contribution in [2.75, 3.05) is 44.6 Å². The Labute approximate surface area is 272 Å². The van der Waals surface area contributed by atoms with Crippen LogP contribution in [-0.4, -0.2) is 87.5 Å². The molecular formula is C31H35F3N8O4S. The fraction of sp³-hybridized carbons (Fsp3) is 0.387. The number of aliphatic carboxylic acids is 1. The Morgan fingerprint density at radius 1 is 1.13 bits per heavy atom. The van der Waals surface area contributed by atoms with Crippen molar-refractivity contribution in [3.8, 4) is 33.3 Å². The molecule has 0 saturated carbocycles. The molecular weight excluding hydrogens is 637 g/mol. The zero-order valence-corrected chi connectivity index (χ0v) is 26.2. The molecule has 2 aromatic carbocycles. The quantitative estimate of drug-likeness (QED) is 0.165. The van der Waals surface area contributed by atoms with E-state index < -0.39 is 12.1 Å². The van der Waals surface area contributed by atoms with Crippen molar-refractivity contribution in [2.45, 2.75) is 38.3 Å². The summed E-state index contributed by atoms with van der Waals surface area (Å²) >= 11 is 1.60. The third-order valence-electron chi connectivity index (χ3n) is 7.54. The maximum absolute atomic E-state index is 12.0. The number of alkyl halides is 3. The van der Waals surface area contributed by atoms with Crippen LogP contribution >= 0.6 is 11.3 Å². The van der Waals surface area contributed by atoms with Gasteiger partial charge in [0, 0.05) is 42.3 Å². The van der Waals surface area contributed by atoms with Crippen LogP contribution in [0.4, 0.5) is 23.7 Å². The van der Waals surface area contributed by atoms with Crippen LogP contribution in [0.2, 0.25) is 0 Å². The molecule has 0 radical (unpaired) electrons. The average Bonchev–Trinajstić information content (AvgIpc) is 3.83. The van der Waals surface area contributed by atoms with Gasteiger partial charge in [0.2, 0.25) is 0 Å². The highest BCUT2D eigenvalue weighted by atomic mass is 32.1. The van der Waals surface area contributed by atoms with Gasteiger partial charge < -0.3 is 31.1 Å². The zero-order valence-electron chi connectivity index (χ0n) is 25.4. The monoisotopic (exact) mass is 672 g/mol. The number of fused-ring (bicyclic) bond motifs is 1. The van der Waals surface area contributed by atoms with E-state index in [0.717, 1.165) is 71.9 Å². The highest BCUT2D eigenvalue weighted by Crippen LogP contribution is 2.37. The molecule has 2 aromatic heterocycles. The Morgan fingerprint density at radius 3 is 2.70 bits per heavy atom. The van der Waals surface area contributed by atoms with Gasteiger partial charge >= 0.3 is 18.2 Å². The first kappa shape index (κ1) is 33.7. The number of urea groups is 1. The molecule has 1 fully saturated rings. The minimum absolute atomic E-state index is 0.0489. The molecule has 4 aromatic rings. The number of carboxylic acids is 1. The van der Waals surface area contributed by atoms with Gasteiger partial charge in [-0.05, 0) is 68.5 Å². The standard InChI is InChI=1S/C29H34N8O2S.C2HF3O2/c30-10-2-1-5-22-18-37(35-34-22)23-7-8-24(27(17-23)39-15-14-36-13-12-32-29(36)38)28-33-26(19-40-28)21-6-9-25-20(16-21)4-3-11-31-25;3-2(4,5)1(6)7/h6-9,16-19,31H,1-5,10-15,30H2,(H,32,38);(H,6,7). The van der Waals surface area contributed by atoms with Crippen molar-refractivity contribution in [1.82, 2.24) is 30.2 Å². The van der Waals surface area contributed by atoms with Gasteiger partial charge in [0.25, 0.3) is 0 Å². The van der Waals surface area contributed by atoms with Gasteiger partial charge in [0.1, 0.15) is 17.4 Å². The third kappa shape index (κ3) is 8.77. The molecule has 12 nitrogen and oxygen atoms in total. The lowest BCUT2D eigenvalue weighted by Gasteiger charge is -2.18. The molecule has 2 amide bonds. The summed E-state index contributed by atoms with van der Waals surface area (Å²) in [5, 5.41) is 25.1. The summed E-state index contributed by atoms with van der Waals surface area (Å²) in [5.74, 6) is -2.06. The summed E-state index contributed by atoms with van der Waals surface area (Å²) in [4.78, 5) is 27.7.